The molecule has 0 unspecified atom stereocenters. The Morgan fingerprint density at radius 1 is 1.30 bits per heavy atom. The van der Waals surface area contributed by atoms with E-state index in [4.69, 9.17) is 11.6 Å². The van der Waals surface area contributed by atoms with Crippen LogP contribution in [-0.4, -0.2) is 27.0 Å². The zero-order valence-corrected chi connectivity index (χ0v) is 12.7. The second-order valence-corrected chi connectivity index (χ2v) is 6.26. The molecule has 2 heterocycles. The van der Waals surface area contributed by atoms with Gasteiger partial charge in [-0.2, -0.15) is 9.61 Å². The Morgan fingerprint density at radius 2 is 2.10 bits per heavy atom. The molecule has 0 aliphatic heterocycles. The molecule has 1 N–H and O–H groups in total. The van der Waals surface area contributed by atoms with E-state index in [2.05, 4.69) is 28.4 Å². The average Bonchev–Trinajstić information content (AvgIpc) is 2.94. The molecule has 1 aliphatic carbocycles. The fourth-order valence-corrected chi connectivity index (χ4v) is 3.48. The van der Waals surface area contributed by atoms with Crippen molar-refractivity contribution >= 4 is 23.1 Å². The van der Waals surface area contributed by atoms with Crippen LogP contribution in [0.15, 0.2) is 18.5 Å². The highest BCUT2D eigenvalue weighted by molar-refractivity contribution is 6.18. The van der Waals surface area contributed by atoms with E-state index in [1.54, 1.807) is 6.33 Å². The zero-order chi connectivity index (χ0) is 14.0. The summed E-state index contributed by atoms with van der Waals surface area (Å²) < 4.78 is 1.86. The predicted octanol–water partition coefficient (Wildman–Crippen LogP) is 3.64. The van der Waals surface area contributed by atoms with Gasteiger partial charge in [0, 0.05) is 17.8 Å². The molecule has 0 atom stereocenters. The zero-order valence-electron chi connectivity index (χ0n) is 11.9. The fraction of sp³-hybridized carbons (Fsp3) is 0.600. The smallest absolute Gasteiger partial charge is 0.157 e. The van der Waals surface area contributed by atoms with E-state index in [0.29, 0.717) is 0 Å². The topological polar surface area (TPSA) is 42.2 Å². The maximum atomic E-state index is 6.26. The maximum absolute atomic E-state index is 6.26. The minimum atomic E-state index is 0.233. The van der Waals surface area contributed by atoms with Crippen molar-refractivity contribution in [1.29, 1.82) is 0 Å². The van der Waals surface area contributed by atoms with Crippen LogP contribution < -0.4 is 5.32 Å². The summed E-state index contributed by atoms with van der Waals surface area (Å²) in [6.45, 7) is 2.99. The molecule has 0 bridgehead atoms. The lowest BCUT2D eigenvalue weighted by molar-refractivity contribution is 0.237. The SMILES string of the molecule is Cc1cc(NCC2(CCl)CCCCC2)n2ncnc2c1. The molecular formula is C15H21ClN4. The number of anilines is 1. The molecule has 0 spiro atoms. The summed E-state index contributed by atoms with van der Waals surface area (Å²) >= 11 is 6.26. The van der Waals surface area contributed by atoms with Crippen LogP contribution in [0.1, 0.15) is 37.7 Å². The number of rotatable bonds is 4. The van der Waals surface area contributed by atoms with E-state index in [9.17, 15) is 0 Å². The highest BCUT2D eigenvalue weighted by Crippen LogP contribution is 2.37. The van der Waals surface area contributed by atoms with E-state index in [0.717, 1.165) is 23.9 Å². The molecule has 0 amide bonds. The number of aromatic nitrogens is 3. The third kappa shape index (κ3) is 2.62. The number of pyridine rings is 1. The number of fused-ring (bicyclic) bond motifs is 1. The quantitative estimate of drug-likeness (QED) is 0.875. The maximum Gasteiger partial charge on any atom is 0.157 e. The Labute approximate surface area is 124 Å². The van der Waals surface area contributed by atoms with Crippen LogP contribution >= 0.6 is 11.6 Å². The summed E-state index contributed by atoms with van der Waals surface area (Å²) in [5.74, 6) is 1.74. The van der Waals surface area contributed by atoms with Gasteiger partial charge in [0.1, 0.15) is 12.1 Å². The summed E-state index contributed by atoms with van der Waals surface area (Å²) in [5.41, 5.74) is 2.31. The largest absolute Gasteiger partial charge is 0.369 e. The molecule has 108 valence electrons. The lowest BCUT2D eigenvalue weighted by atomic mass is 9.75. The van der Waals surface area contributed by atoms with Crippen molar-refractivity contribution in [2.24, 2.45) is 5.41 Å². The Hall–Kier alpha value is -1.29. The highest BCUT2D eigenvalue weighted by Gasteiger charge is 2.31. The van der Waals surface area contributed by atoms with Crippen LogP contribution in [-0.2, 0) is 0 Å². The standard InChI is InChI=1S/C15H21ClN4/c1-12-7-13(20-14(8-12)18-11-19-20)17-10-15(9-16)5-3-2-4-6-15/h7-8,11,17H,2-6,9-10H2,1H3. The Kier molecular flexibility index (Phi) is 3.83. The lowest BCUT2D eigenvalue weighted by Gasteiger charge is -2.36. The van der Waals surface area contributed by atoms with E-state index in [1.807, 2.05) is 10.6 Å². The van der Waals surface area contributed by atoms with E-state index >= 15 is 0 Å². The molecule has 2 aromatic heterocycles. The summed E-state index contributed by atoms with van der Waals surface area (Å²) in [4.78, 5) is 4.26. The van der Waals surface area contributed by atoms with Crippen LogP contribution in [0.3, 0.4) is 0 Å². The van der Waals surface area contributed by atoms with E-state index in [-0.39, 0.29) is 5.41 Å². The van der Waals surface area contributed by atoms with Gasteiger partial charge >= 0.3 is 0 Å². The third-order valence-electron chi connectivity index (χ3n) is 4.37. The second-order valence-electron chi connectivity index (χ2n) is 6.00. The number of aryl methyl sites for hydroxylation is 1. The van der Waals surface area contributed by atoms with Gasteiger partial charge in [-0.3, -0.25) is 0 Å². The molecule has 2 aromatic rings. The first kappa shape index (κ1) is 13.7. The predicted molar refractivity (Wildman–Crippen MR) is 82.5 cm³/mol. The summed E-state index contributed by atoms with van der Waals surface area (Å²) in [7, 11) is 0. The van der Waals surface area contributed by atoms with E-state index < -0.39 is 0 Å². The van der Waals surface area contributed by atoms with Gasteiger partial charge in [0.15, 0.2) is 5.65 Å². The Morgan fingerprint density at radius 3 is 2.85 bits per heavy atom. The number of alkyl halides is 1. The van der Waals surface area contributed by atoms with Crippen LogP contribution in [0, 0.1) is 12.3 Å². The number of hydrogen-bond donors (Lipinski definition) is 1. The molecule has 3 rings (SSSR count). The van der Waals surface area contributed by atoms with E-state index in [1.165, 1.54) is 37.7 Å². The fourth-order valence-electron chi connectivity index (χ4n) is 3.12. The van der Waals surface area contributed by atoms with Gasteiger partial charge in [-0.15, -0.1) is 11.6 Å². The first-order valence-electron chi connectivity index (χ1n) is 7.33. The van der Waals surface area contributed by atoms with Crippen LogP contribution in [0.25, 0.3) is 5.65 Å². The normalized spacial score (nSPS) is 18.3. The summed E-state index contributed by atoms with van der Waals surface area (Å²) in [5, 5.41) is 7.83. The van der Waals surface area contributed by atoms with Gasteiger partial charge in [0.2, 0.25) is 0 Å². The first-order chi connectivity index (χ1) is 9.72. The minimum Gasteiger partial charge on any atom is -0.369 e. The van der Waals surface area contributed by atoms with Crippen LogP contribution in [0.5, 0.6) is 0 Å². The average molecular weight is 293 g/mol. The number of nitrogens with one attached hydrogen (secondary N) is 1. The summed E-state index contributed by atoms with van der Waals surface area (Å²) in [6.07, 6.45) is 7.96. The number of hydrogen-bond acceptors (Lipinski definition) is 3. The Bertz CT molecular complexity index is 587. The third-order valence-corrected chi connectivity index (χ3v) is 4.93. The monoisotopic (exact) mass is 292 g/mol. The van der Waals surface area contributed by atoms with Crippen molar-refractivity contribution < 1.29 is 0 Å². The lowest BCUT2D eigenvalue weighted by Crippen LogP contribution is -2.34. The highest BCUT2D eigenvalue weighted by atomic mass is 35.5. The van der Waals surface area contributed by atoms with Crippen molar-refractivity contribution in [2.45, 2.75) is 39.0 Å². The van der Waals surface area contributed by atoms with Gasteiger partial charge in [0.25, 0.3) is 0 Å². The van der Waals surface area contributed by atoms with Crippen LogP contribution in [0.4, 0.5) is 5.82 Å². The summed E-state index contributed by atoms with van der Waals surface area (Å²) in [6, 6.07) is 4.16. The molecule has 4 nitrogen and oxygen atoms in total. The van der Waals surface area contributed by atoms with Crippen molar-refractivity contribution in [3.63, 3.8) is 0 Å². The molecule has 0 aromatic carbocycles. The molecular weight excluding hydrogens is 272 g/mol. The van der Waals surface area contributed by atoms with Gasteiger partial charge < -0.3 is 5.32 Å². The molecule has 5 heteroatoms. The molecule has 1 saturated carbocycles. The second kappa shape index (κ2) is 5.60. The van der Waals surface area contributed by atoms with Gasteiger partial charge in [-0.05, 0) is 37.5 Å². The molecule has 20 heavy (non-hydrogen) atoms. The van der Waals surface area contributed by atoms with Crippen molar-refractivity contribution in [3.05, 3.63) is 24.0 Å². The van der Waals surface area contributed by atoms with Crippen molar-refractivity contribution in [2.75, 3.05) is 17.7 Å². The molecule has 1 fully saturated rings. The van der Waals surface area contributed by atoms with Crippen molar-refractivity contribution in [3.8, 4) is 0 Å². The molecule has 0 radical (unpaired) electrons. The van der Waals surface area contributed by atoms with Crippen molar-refractivity contribution in [1.82, 2.24) is 14.6 Å². The molecule has 1 aliphatic rings. The Balaban J connectivity index is 1.80. The minimum absolute atomic E-state index is 0.233. The van der Waals surface area contributed by atoms with Gasteiger partial charge in [0.05, 0.1) is 0 Å². The van der Waals surface area contributed by atoms with Crippen LogP contribution in [0.2, 0.25) is 0 Å². The number of halogens is 1. The molecule has 0 saturated heterocycles. The first-order valence-corrected chi connectivity index (χ1v) is 7.86. The number of nitrogens with zero attached hydrogens (tertiary/aromatic N) is 3. The van der Waals surface area contributed by atoms with Gasteiger partial charge in [-0.25, -0.2) is 4.98 Å². The van der Waals surface area contributed by atoms with Gasteiger partial charge in [-0.1, -0.05) is 19.3 Å².